The molecule has 4 heteroatoms. The van der Waals surface area contributed by atoms with E-state index in [0.717, 1.165) is 44.7 Å². The van der Waals surface area contributed by atoms with E-state index < -0.39 is 0 Å². The second kappa shape index (κ2) is 6.60. The van der Waals surface area contributed by atoms with Gasteiger partial charge in [-0.2, -0.15) is 0 Å². The summed E-state index contributed by atoms with van der Waals surface area (Å²) in [5.41, 5.74) is 7.02. The predicted molar refractivity (Wildman–Crippen MR) is 102 cm³/mol. The lowest BCUT2D eigenvalue weighted by molar-refractivity contribution is 0.351. The van der Waals surface area contributed by atoms with Crippen LogP contribution < -0.4 is 0 Å². The van der Waals surface area contributed by atoms with E-state index in [-0.39, 0.29) is 0 Å². The molecule has 3 heterocycles. The van der Waals surface area contributed by atoms with Crippen molar-refractivity contribution in [1.29, 1.82) is 0 Å². The van der Waals surface area contributed by atoms with E-state index in [1.165, 1.54) is 27.7 Å². The number of fused-ring (bicyclic) bond motifs is 3. The standard InChI is InChI=1S/C21H26N4/c1-15-4-5-20-19(12-15)18-7-9-24(3)10-8-21(18)25(20)11-6-17-13-22-16(2)23-14-17/h4-5,12-14H,6-11H2,1-3H3. The molecular formula is C21H26N4. The Balaban J connectivity index is 1.73. The van der Waals surface area contributed by atoms with Crippen LogP contribution in [0.1, 0.15) is 28.2 Å². The van der Waals surface area contributed by atoms with Gasteiger partial charge in [-0.3, -0.25) is 0 Å². The molecule has 25 heavy (non-hydrogen) atoms. The molecule has 130 valence electrons. The molecule has 3 aromatic rings. The lowest BCUT2D eigenvalue weighted by Crippen LogP contribution is -2.21. The second-order valence-corrected chi connectivity index (χ2v) is 7.29. The maximum Gasteiger partial charge on any atom is 0.125 e. The Morgan fingerprint density at radius 1 is 1.04 bits per heavy atom. The van der Waals surface area contributed by atoms with Gasteiger partial charge in [-0.25, -0.2) is 9.97 Å². The molecular weight excluding hydrogens is 308 g/mol. The third-order valence-corrected chi connectivity index (χ3v) is 5.37. The lowest BCUT2D eigenvalue weighted by atomic mass is 10.1. The van der Waals surface area contributed by atoms with Gasteiger partial charge < -0.3 is 9.47 Å². The minimum atomic E-state index is 0.836. The maximum atomic E-state index is 4.34. The van der Waals surface area contributed by atoms with Crippen LogP contribution in [-0.4, -0.2) is 39.6 Å². The average Bonchev–Trinajstić information content (AvgIpc) is 2.75. The molecule has 0 saturated heterocycles. The highest BCUT2D eigenvalue weighted by Crippen LogP contribution is 2.30. The fourth-order valence-electron chi connectivity index (χ4n) is 3.91. The first-order valence-corrected chi connectivity index (χ1v) is 9.18. The molecule has 0 amide bonds. The van der Waals surface area contributed by atoms with Crippen molar-refractivity contribution in [3.05, 3.63) is 58.8 Å². The summed E-state index contributed by atoms with van der Waals surface area (Å²) in [5, 5.41) is 1.45. The Morgan fingerprint density at radius 3 is 2.60 bits per heavy atom. The highest BCUT2D eigenvalue weighted by atomic mass is 15.1. The molecule has 1 aliphatic heterocycles. The number of likely N-dealkylation sites (N-methyl/N-ethyl adjacent to an activating group) is 1. The molecule has 0 spiro atoms. The van der Waals surface area contributed by atoms with Gasteiger partial charge in [0.15, 0.2) is 0 Å². The van der Waals surface area contributed by atoms with Crippen molar-refractivity contribution in [3.63, 3.8) is 0 Å². The number of nitrogens with zero attached hydrogens (tertiary/aromatic N) is 4. The van der Waals surface area contributed by atoms with E-state index in [2.05, 4.69) is 51.6 Å². The zero-order chi connectivity index (χ0) is 17.4. The summed E-state index contributed by atoms with van der Waals surface area (Å²) in [4.78, 5) is 11.1. The Bertz CT molecular complexity index is 892. The zero-order valence-corrected chi connectivity index (χ0v) is 15.4. The average molecular weight is 334 g/mol. The third kappa shape index (κ3) is 3.19. The van der Waals surface area contributed by atoms with Gasteiger partial charge in [0, 0.05) is 55.0 Å². The molecule has 0 aliphatic carbocycles. The number of aromatic nitrogens is 3. The Hall–Kier alpha value is -2.20. The maximum absolute atomic E-state index is 4.34. The van der Waals surface area contributed by atoms with Crippen LogP contribution in [0.3, 0.4) is 0 Å². The molecule has 1 aromatic carbocycles. The first-order chi connectivity index (χ1) is 12.1. The highest BCUT2D eigenvalue weighted by molar-refractivity contribution is 5.86. The molecule has 2 aromatic heterocycles. The molecule has 0 unspecified atom stereocenters. The number of hydrogen-bond acceptors (Lipinski definition) is 3. The minimum absolute atomic E-state index is 0.836. The van der Waals surface area contributed by atoms with E-state index in [1.807, 2.05) is 19.3 Å². The molecule has 4 rings (SSSR count). The number of benzene rings is 1. The van der Waals surface area contributed by atoms with Crippen molar-refractivity contribution < 1.29 is 0 Å². The lowest BCUT2D eigenvalue weighted by Gasteiger charge is -2.14. The topological polar surface area (TPSA) is 34.0 Å². The monoisotopic (exact) mass is 334 g/mol. The molecule has 0 N–H and O–H groups in total. The van der Waals surface area contributed by atoms with Crippen LogP contribution in [0.4, 0.5) is 0 Å². The Kier molecular flexibility index (Phi) is 4.30. The summed E-state index contributed by atoms with van der Waals surface area (Å²) in [7, 11) is 2.23. The molecule has 0 radical (unpaired) electrons. The quantitative estimate of drug-likeness (QED) is 0.737. The van der Waals surface area contributed by atoms with Gasteiger partial charge in [0.1, 0.15) is 5.82 Å². The third-order valence-electron chi connectivity index (χ3n) is 5.37. The van der Waals surface area contributed by atoms with Crippen LogP contribution in [0.2, 0.25) is 0 Å². The molecule has 0 saturated carbocycles. The fraction of sp³-hybridized carbons (Fsp3) is 0.429. The van der Waals surface area contributed by atoms with Crippen molar-refractivity contribution >= 4 is 10.9 Å². The summed E-state index contributed by atoms with van der Waals surface area (Å²) >= 11 is 0. The fourth-order valence-corrected chi connectivity index (χ4v) is 3.91. The second-order valence-electron chi connectivity index (χ2n) is 7.29. The van der Waals surface area contributed by atoms with Gasteiger partial charge in [-0.1, -0.05) is 11.6 Å². The smallest absolute Gasteiger partial charge is 0.125 e. The van der Waals surface area contributed by atoms with Gasteiger partial charge in [-0.05, 0) is 57.0 Å². The predicted octanol–water partition coefficient (Wildman–Crippen LogP) is 3.32. The SMILES string of the molecule is Cc1ccc2c(c1)c1c(n2CCc2cnc(C)nc2)CCN(C)CC1. The van der Waals surface area contributed by atoms with E-state index in [4.69, 9.17) is 0 Å². The minimum Gasteiger partial charge on any atom is -0.344 e. The summed E-state index contributed by atoms with van der Waals surface area (Å²) < 4.78 is 2.54. The molecule has 4 nitrogen and oxygen atoms in total. The molecule has 0 atom stereocenters. The highest BCUT2D eigenvalue weighted by Gasteiger charge is 2.20. The van der Waals surface area contributed by atoms with E-state index in [1.54, 1.807) is 5.56 Å². The van der Waals surface area contributed by atoms with Gasteiger partial charge in [0.2, 0.25) is 0 Å². The van der Waals surface area contributed by atoms with Crippen molar-refractivity contribution in [2.24, 2.45) is 0 Å². The van der Waals surface area contributed by atoms with Crippen molar-refractivity contribution in [2.75, 3.05) is 20.1 Å². The van der Waals surface area contributed by atoms with Crippen LogP contribution in [-0.2, 0) is 25.8 Å². The van der Waals surface area contributed by atoms with Crippen molar-refractivity contribution in [3.8, 4) is 0 Å². The van der Waals surface area contributed by atoms with E-state index >= 15 is 0 Å². The summed E-state index contributed by atoms with van der Waals surface area (Å²) in [6, 6.07) is 6.90. The summed E-state index contributed by atoms with van der Waals surface area (Å²) in [5.74, 6) is 0.836. The van der Waals surface area contributed by atoms with Gasteiger partial charge in [0.05, 0.1) is 0 Å². The number of rotatable bonds is 3. The molecule has 0 fully saturated rings. The van der Waals surface area contributed by atoms with Crippen LogP contribution in [0.25, 0.3) is 10.9 Å². The van der Waals surface area contributed by atoms with E-state index in [0.29, 0.717) is 0 Å². The van der Waals surface area contributed by atoms with Gasteiger partial charge >= 0.3 is 0 Å². The van der Waals surface area contributed by atoms with Crippen molar-refractivity contribution in [2.45, 2.75) is 39.7 Å². The number of aryl methyl sites for hydroxylation is 4. The van der Waals surface area contributed by atoms with Crippen LogP contribution in [0.5, 0.6) is 0 Å². The molecule has 1 aliphatic rings. The first-order valence-electron chi connectivity index (χ1n) is 9.18. The van der Waals surface area contributed by atoms with Crippen LogP contribution >= 0.6 is 0 Å². The summed E-state index contributed by atoms with van der Waals surface area (Å²) in [6.45, 7) is 7.39. The first kappa shape index (κ1) is 16.3. The van der Waals surface area contributed by atoms with Crippen molar-refractivity contribution in [1.82, 2.24) is 19.4 Å². The Labute approximate surface area is 149 Å². The van der Waals surface area contributed by atoms with Crippen LogP contribution in [0, 0.1) is 13.8 Å². The van der Waals surface area contributed by atoms with Gasteiger partial charge in [-0.15, -0.1) is 0 Å². The summed E-state index contributed by atoms with van der Waals surface area (Å²) in [6.07, 6.45) is 7.17. The van der Waals surface area contributed by atoms with Gasteiger partial charge in [0.25, 0.3) is 0 Å². The molecule has 0 bridgehead atoms. The van der Waals surface area contributed by atoms with E-state index in [9.17, 15) is 0 Å². The number of hydrogen-bond donors (Lipinski definition) is 0. The van der Waals surface area contributed by atoms with Crippen LogP contribution in [0.15, 0.2) is 30.6 Å². The zero-order valence-electron chi connectivity index (χ0n) is 15.4. The largest absolute Gasteiger partial charge is 0.344 e. The normalized spacial score (nSPS) is 15.3. The Morgan fingerprint density at radius 2 is 1.80 bits per heavy atom.